The van der Waals surface area contributed by atoms with Gasteiger partial charge in [0.25, 0.3) is 0 Å². The van der Waals surface area contributed by atoms with E-state index in [0.29, 0.717) is 0 Å². The molecular formula is C46H33N. The Morgan fingerprint density at radius 3 is 1.49 bits per heavy atom. The molecule has 9 rings (SSSR count). The summed E-state index contributed by atoms with van der Waals surface area (Å²) < 4.78 is 0. The van der Waals surface area contributed by atoms with Gasteiger partial charge in [0, 0.05) is 22.1 Å². The van der Waals surface area contributed by atoms with E-state index in [4.69, 9.17) is 0 Å². The van der Waals surface area contributed by atoms with Gasteiger partial charge in [-0.1, -0.05) is 127 Å². The van der Waals surface area contributed by atoms with Gasteiger partial charge >= 0.3 is 0 Å². The van der Waals surface area contributed by atoms with E-state index in [1.165, 1.54) is 81.8 Å². The summed E-state index contributed by atoms with van der Waals surface area (Å²) in [6.45, 7) is 4.34. The molecule has 0 fully saturated rings. The molecule has 0 saturated heterocycles. The van der Waals surface area contributed by atoms with Gasteiger partial charge in [0.2, 0.25) is 0 Å². The van der Waals surface area contributed by atoms with Crippen molar-refractivity contribution < 1.29 is 0 Å². The molecule has 0 amide bonds. The fourth-order valence-electron chi connectivity index (χ4n) is 7.58. The molecule has 0 bridgehead atoms. The average molecular weight is 600 g/mol. The molecule has 0 aliphatic heterocycles. The third kappa shape index (κ3) is 4.47. The Kier molecular flexibility index (Phi) is 6.33. The fraction of sp³-hybridized carbons (Fsp3) is 0.0435. The second-order valence-electron chi connectivity index (χ2n) is 12.7. The summed E-state index contributed by atoms with van der Waals surface area (Å²) >= 11 is 0. The van der Waals surface area contributed by atoms with Gasteiger partial charge in [-0.15, -0.1) is 0 Å². The van der Waals surface area contributed by atoms with Crippen LogP contribution in [0.2, 0.25) is 0 Å². The van der Waals surface area contributed by atoms with Gasteiger partial charge in [-0.2, -0.15) is 0 Å². The lowest BCUT2D eigenvalue weighted by Gasteiger charge is -2.30. The molecule has 0 aliphatic rings. The number of benzene rings is 9. The number of rotatable bonds is 4. The highest BCUT2D eigenvalue weighted by molar-refractivity contribution is 6.25. The van der Waals surface area contributed by atoms with Gasteiger partial charge in [-0.25, -0.2) is 0 Å². The molecule has 9 aromatic rings. The molecule has 1 heteroatoms. The van der Waals surface area contributed by atoms with Crippen LogP contribution in [0.5, 0.6) is 0 Å². The van der Waals surface area contributed by atoms with Crippen molar-refractivity contribution in [1.82, 2.24) is 0 Å². The second kappa shape index (κ2) is 10.9. The monoisotopic (exact) mass is 599 g/mol. The predicted molar refractivity (Wildman–Crippen MR) is 204 cm³/mol. The van der Waals surface area contributed by atoms with E-state index < -0.39 is 0 Å². The van der Waals surface area contributed by atoms with E-state index in [1.54, 1.807) is 0 Å². The minimum Gasteiger partial charge on any atom is -0.309 e. The highest BCUT2D eigenvalue weighted by atomic mass is 15.1. The number of fused-ring (bicyclic) bond motifs is 6. The minimum absolute atomic E-state index is 1.16. The van der Waals surface area contributed by atoms with Crippen LogP contribution in [0.4, 0.5) is 17.1 Å². The number of hydrogen-bond donors (Lipinski definition) is 0. The van der Waals surface area contributed by atoms with Crippen molar-refractivity contribution in [1.29, 1.82) is 0 Å². The first-order valence-corrected chi connectivity index (χ1v) is 16.4. The summed E-state index contributed by atoms with van der Waals surface area (Å²) in [6.07, 6.45) is 0. The normalized spacial score (nSPS) is 11.6. The van der Waals surface area contributed by atoms with E-state index in [9.17, 15) is 0 Å². The Morgan fingerprint density at radius 1 is 0.340 bits per heavy atom. The van der Waals surface area contributed by atoms with Gasteiger partial charge in [-0.3, -0.25) is 0 Å². The van der Waals surface area contributed by atoms with Crippen LogP contribution in [0, 0.1) is 13.8 Å². The Hall–Kier alpha value is -5.92. The molecule has 0 atom stereocenters. The highest BCUT2D eigenvalue weighted by Gasteiger charge is 2.23. The number of anilines is 3. The highest BCUT2D eigenvalue weighted by Crippen LogP contribution is 2.49. The molecule has 0 aromatic heterocycles. The zero-order chi connectivity index (χ0) is 31.5. The van der Waals surface area contributed by atoms with Crippen molar-refractivity contribution >= 4 is 70.9 Å². The van der Waals surface area contributed by atoms with Crippen molar-refractivity contribution in [3.8, 4) is 11.1 Å². The van der Waals surface area contributed by atoms with Crippen molar-refractivity contribution in [2.75, 3.05) is 4.90 Å². The van der Waals surface area contributed by atoms with Crippen LogP contribution < -0.4 is 4.90 Å². The summed E-state index contributed by atoms with van der Waals surface area (Å²) in [7, 11) is 0. The molecule has 0 spiro atoms. The van der Waals surface area contributed by atoms with Crippen molar-refractivity contribution in [3.05, 3.63) is 175 Å². The van der Waals surface area contributed by atoms with Crippen molar-refractivity contribution in [2.45, 2.75) is 13.8 Å². The van der Waals surface area contributed by atoms with Crippen LogP contribution in [0.3, 0.4) is 0 Å². The van der Waals surface area contributed by atoms with Crippen molar-refractivity contribution in [3.63, 3.8) is 0 Å². The standard InChI is InChI=1S/C46H33N/c1-30-12-9-16-35(26-30)47(36-17-10-13-31(2)27-36)46-42-20-7-5-18-40(42)45(41-19-6-8-21-43(41)46)39-23-11-22-37-38(39)25-24-34-28-32-14-3-4-15-33(32)29-44(34)37/h3-29H,1-2H3. The molecule has 0 unspecified atom stereocenters. The smallest absolute Gasteiger partial charge is 0.0618 e. The molecule has 9 aromatic carbocycles. The van der Waals surface area contributed by atoms with Gasteiger partial charge in [-0.05, 0) is 116 Å². The van der Waals surface area contributed by atoms with E-state index >= 15 is 0 Å². The quantitative estimate of drug-likeness (QED) is 0.144. The van der Waals surface area contributed by atoms with Crippen LogP contribution in [-0.2, 0) is 0 Å². The zero-order valence-corrected chi connectivity index (χ0v) is 26.5. The lowest BCUT2D eigenvalue weighted by atomic mass is 9.87. The van der Waals surface area contributed by atoms with E-state index in [-0.39, 0.29) is 0 Å². The first-order chi connectivity index (χ1) is 23.1. The third-order valence-electron chi connectivity index (χ3n) is 9.66. The van der Waals surface area contributed by atoms with Crippen LogP contribution in [-0.4, -0.2) is 0 Å². The fourth-order valence-corrected chi connectivity index (χ4v) is 7.58. The van der Waals surface area contributed by atoms with Crippen LogP contribution >= 0.6 is 0 Å². The molecule has 1 nitrogen and oxygen atoms in total. The SMILES string of the molecule is Cc1cccc(N(c2cccc(C)c2)c2c3ccccc3c(-c3cccc4c3ccc3cc5ccccc5cc34)c3ccccc23)c1. The first-order valence-electron chi connectivity index (χ1n) is 16.4. The lowest BCUT2D eigenvalue weighted by Crippen LogP contribution is -2.12. The van der Waals surface area contributed by atoms with Crippen LogP contribution in [0.1, 0.15) is 11.1 Å². The predicted octanol–water partition coefficient (Wildman–Crippen LogP) is 13.2. The molecule has 0 aliphatic carbocycles. The molecule has 0 heterocycles. The third-order valence-corrected chi connectivity index (χ3v) is 9.66. The van der Waals surface area contributed by atoms with E-state index in [2.05, 4.69) is 183 Å². The summed E-state index contributed by atoms with van der Waals surface area (Å²) in [5, 5.41) is 12.6. The maximum absolute atomic E-state index is 2.45. The van der Waals surface area contributed by atoms with Gasteiger partial charge in [0.1, 0.15) is 0 Å². The summed E-state index contributed by atoms with van der Waals surface area (Å²) in [5.74, 6) is 0. The molecule has 222 valence electrons. The Labute approximate surface area is 275 Å². The largest absolute Gasteiger partial charge is 0.309 e. The molecular weight excluding hydrogens is 567 g/mol. The Morgan fingerprint density at radius 2 is 0.872 bits per heavy atom. The summed E-state index contributed by atoms with van der Waals surface area (Å²) in [4.78, 5) is 2.45. The number of nitrogens with zero attached hydrogens (tertiary/aromatic N) is 1. The van der Waals surface area contributed by atoms with Gasteiger partial charge < -0.3 is 4.90 Å². The van der Waals surface area contributed by atoms with Gasteiger partial charge in [0.15, 0.2) is 0 Å². The average Bonchev–Trinajstić information content (AvgIpc) is 3.10. The molecule has 47 heavy (non-hydrogen) atoms. The minimum atomic E-state index is 1.16. The molecule has 0 N–H and O–H groups in total. The van der Waals surface area contributed by atoms with Crippen LogP contribution in [0.25, 0.3) is 65.0 Å². The second-order valence-corrected chi connectivity index (χ2v) is 12.7. The van der Waals surface area contributed by atoms with E-state index in [1.807, 2.05) is 0 Å². The topological polar surface area (TPSA) is 3.24 Å². The Bertz CT molecular complexity index is 2560. The van der Waals surface area contributed by atoms with E-state index in [0.717, 1.165) is 11.4 Å². The number of hydrogen-bond acceptors (Lipinski definition) is 1. The van der Waals surface area contributed by atoms with Crippen LogP contribution in [0.15, 0.2) is 164 Å². The summed E-state index contributed by atoms with van der Waals surface area (Å²) in [6, 6.07) is 60.4. The Balaban J connectivity index is 1.39. The lowest BCUT2D eigenvalue weighted by molar-refractivity contribution is 1.28. The van der Waals surface area contributed by atoms with Gasteiger partial charge in [0.05, 0.1) is 5.69 Å². The number of aryl methyl sites for hydroxylation is 2. The van der Waals surface area contributed by atoms with Crippen molar-refractivity contribution in [2.24, 2.45) is 0 Å². The maximum atomic E-state index is 2.45. The molecule has 0 saturated carbocycles. The first kappa shape index (κ1) is 27.4. The maximum Gasteiger partial charge on any atom is 0.0618 e. The molecule has 0 radical (unpaired) electrons. The zero-order valence-electron chi connectivity index (χ0n) is 26.5. The summed E-state index contributed by atoms with van der Waals surface area (Å²) in [5.41, 5.74) is 8.52.